The number of hydrogen-bond donors (Lipinski definition) is 1. The fourth-order valence-corrected chi connectivity index (χ4v) is 3.85. The lowest BCUT2D eigenvalue weighted by molar-refractivity contribution is -0.128. The average molecular weight is 340 g/mol. The molecule has 0 saturated carbocycles. The molecular formula is C16H28N4O2S. The molecule has 7 heteroatoms. The van der Waals surface area contributed by atoms with E-state index in [1.165, 1.54) is 0 Å². The number of aliphatic hydroxyl groups is 1. The molecule has 0 unspecified atom stereocenters. The van der Waals surface area contributed by atoms with Gasteiger partial charge in [-0.15, -0.1) is 5.11 Å². The highest BCUT2D eigenvalue weighted by atomic mass is 32.2. The smallest absolute Gasteiger partial charge is 0.222 e. The van der Waals surface area contributed by atoms with Crippen molar-refractivity contribution in [3.8, 4) is 0 Å². The van der Waals surface area contributed by atoms with E-state index >= 15 is 0 Å². The Labute approximate surface area is 142 Å². The maximum atomic E-state index is 12.0. The molecule has 1 fully saturated rings. The van der Waals surface area contributed by atoms with E-state index in [0.717, 1.165) is 62.4 Å². The van der Waals surface area contributed by atoms with Crippen molar-refractivity contribution in [3.63, 3.8) is 0 Å². The lowest BCUT2D eigenvalue weighted by atomic mass is 10.0. The summed E-state index contributed by atoms with van der Waals surface area (Å²) in [6.45, 7) is 3.32. The van der Waals surface area contributed by atoms with Gasteiger partial charge in [0.15, 0.2) is 6.67 Å². The Bertz CT molecular complexity index is 442. The highest BCUT2D eigenvalue weighted by molar-refractivity contribution is 7.99. The first-order valence-corrected chi connectivity index (χ1v) is 9.82. The Balaban J connectivity index is 1.58. The molecule has 1 amide bonds. The first kappa shape index (κ1) is 18.4. The highest BCUT2D eigenvalue weighted by Gasteiger charge is 2.30. The molecule has 2 rings (SSSR count). The molecule has 1 saturated heterocycles. The minimum Gasteiger partial charge on any atom is -0.393 e. The molecule has 2 heterocycles. The van der Waals surface area contributed by atoms with Crippen LogP contribution in [-0.4, -0.2) is 58.6 Å². The second-order valence-corrected chi connectivity index (χ2v) is 7.32. The van der Waals surface area contributed by atoms with Crippen LogP contribution in [0.1, 0.15) is 51.9 Å². The number of amides is 1. The number of aliphatic imine (C=N–C) groups is 1. The topological polar surface area (TPSA) is 77.6 Å². The van der Waals surface area contributed by atoms with E-state index in [-0.39, 0.29) is 12.0 Å². The SMILES string of the molecule is CC[C@H](O)CC[C@H]1CCC(=O)N1CCSCCCC1=NCN=N1. The number of carbonyl (C=O) groups excluding carboxylic acids is 1. The van der Waals surface area contributed by atoms with Crippen molar-refractivity contribution < 1.29 is 9.90 Å². The van der Waals surface area contributed by atoms with E-state index in [0.29, 0.717) is 19.1 Å². The van der Waals surface area contributed by atoms with Gasteiger partial charge in [-0.3, -0.25) is 4.79 Å². The van der Waals surface area contributed by atoms with E-state index < -0.39 is 0 Å². The van der Waals surface area contributed by atoms with Crippen LogP contribution in [0.3, 0.4) is 0 Å². The predicted octanol–water partition coefficient (Wildman–Crippen LogP) is 2.86. The summed E-state index contributed by atoms with van der Waals surface area (Å²) < 4.78 is 0. The summed E-state index contributed by atoms with van der Waals surface area (Å²) in [6, 6.07) is 0.331. The van der Waals surface area contributed by atoms with Crippen molar-refractivity contribution in [2.24, 2.45) is 15.2 Å². The maximum Gasteiger partial charge on any atom is 0.222 e. The molecule has 0 aromatic heterocycles. The molecular weight excluding hydrogens is 312 g/mol. The van der Waals surface area contributed by atoms with Gasteiger partial charge < -0.3 is 10.0 Å². The molecule has 0 aliphatic carbocycles. The van der Waals surface area contributed by atoms with Crippen LogP contribution in [0.25, 0.3) is 0 Å². The molecule has 0 spiro atoms. The third-order valence-corrected chi connectivity index (χ3v) is 5.47. The summed E-state index contributed by atoms with van der Waals surface area (Å²) in [7, 11) is 0. The minimum absolute atomic E-state index is 0.224. The summed E-state index contributed by atoms with van der Waals surface area (Å²) >= 11 is 1.89. The molecule has 1 N–H and O–H groups in total. The first-order chi connectivity index (χ1) is 11.2. The Morgan fingerprint density at radius 2 is 2.30 bits per heavy atom. The van der Waals surface area contributed by atoms with Gasteiger partial charge in [-0.05, 0) is 37.9 Å². The van der Waals surface area contributed by atoms with Crippen LogP contribution in [0.5, 0.6) is 0 Å². The zero-order chi connectivity index (χ0) is 16.5. The lowest BCUT2D eigenvalue weighted by Crippen LogP contribution is -2.35. The number of carbonyl (C=O) groups is 1. The second kappa shape index (κ2) is 10.0. The van der Waals surface area contributed by atoms with Crippen LogP contribution < -0.4 is 0 Å². The summed E-state index contributed by atoms with van der Waals surface area (Å²) in [5, 5.41) is 17.5. The third-order valence-electron chi connectivity index (χ3n) is 4.43. The van der Waals surface area contributed by atoms with Gasteiger partial charge in [0.05, 0.1) is 6.10 Å². The zero-order valence-corrected chi connectivity index (χ0v) is 14.8. The van der Waals surface area contributed by atoms with Crippen LogP contribution in [0.15, 0.2) is 15.2 Å². The van der Waals surface area contributed by atoms with Gasteiger partial charge in [0.25, 0.3) is 0 Å². The van der Waals surface area contributed by atoms with Crippen molar-refractivity contribution in [1.82, 2.24) is 4.90 Å². The monoisotopic (exact) mass is 340 g/mol. The molecule has 6 nitrogen and oxygen atoms in total. The third kappa shape index (κ3) is 6.22. The number of likely N-dealkylation sites (tertiary alicyclic amines) is 1. The van der Waals surface area contributed by atoms with Gasteiger partial charge in [0.2, 0.25) is 5.91 Å². The number of amidine groups is 1. The largest absolute Gasteiger partial charge is 0.393 e. The number of nitrogens with zero attached hydrogens (tertiary/aromatic N) is 4. The summed E-state index contributed by atoms with van der Waals surface area (Å²) in [4.78, 5) is 18.2. The van der Waals surface area contributed by atoms with E-state index in [1.807, 2.05) is 23.6 Å². The molecule has 0 bridgehead atoms. The number of hydrogen-bond acceptors (Lipinski definition) is 6. The number of azo groups is 1. The van der Waals surface area contributed by atoms with Crippen LogP contribution in [0.4, 0.5) is 0 Å². The second-order valence-electron chi connectivity index (χ2n) is 6.09. The maximum absolute atomic E-state index is 12.0. The standard InChI is InChI=1S/C16H28N4O2S/c1-2-14(21)7-5-13-6-8-16(22)20(13)9-11-23-10-3-4-15-17-12-18-19-15/h13-14,21H,2-12H2,1H3/t13-,14-/m0/s1. The van der Waals surface area contributed by atoms with Crippen LogP contribution in [-0.2, 0) is 4.79 Å². The Hall–Kier alpha value is -0.950. The van der Waals surface area contributed by atoms with Crippen molar-refractivity contribution in [1.29, 1.82) is 0 Å². The average Bonchev–Trinajstić information content (AvgIpc) is 3.19. The highest BCUT2D eigenvalue weighted by Crippen LogP contribution is 2.24. The van der Waals surface area contributed by atoms with Gasteiger partial charge in [-0.1, -0.05) is 6.92 Å². The molecule has 0 aromatic rings. The molecule has 0 aromatic carbocycles. The molecule has 130 valence electrons. The Morgan fingerprint density at radius 1 is 1.43 bits per heavy atom. The van der Waals surface area contributed by atoms with E-state index in [1.54, 1.807) is 0 Å². The lowest BCUT2D eigenvalue weighted by Gasteiger charge is -2.25. The van der Waals surface area contributed by atoms with Crippen molar-refractivity contribution in [2.75, 3.05) is 24.7 Å². The van der Waals surface area contributed by atoms with Gasteiger partial charge in [-0.25, -0.2) is 4.99 Å². The zero-order valence-electron chi connectivity index (χ0n) is 14.0. The van der Waals surface area contributed by atoms with E-state index in [2.05, 4.69) is 15.2 Å². The Kier molecular flexibility index (Phi) is 8.02. The van der Waals surface area contributed by atoms with Gasteiger partial charge in [0.1, 0.15) is 5.84 Å². The summed E-state index contributed by atoms with van der Waals surface area (Å²) in [6.07, 6.45) is 5.87. The number of rotatable bonds is 11. The molecule has 2 aliphatic heterocycles. The van der Waals surface area contributed by atoms with Gasteiger partial charge >= 0.3 is 0 Å². The number of thioether (sulfide) groups is 1. The van der Waals surface area contributed by atoms with Crippen molar-refractivity contribution in [3.05, 3.63) is 0 Å². The molecule has 0 radical (unpaired) electrons. The fourth-order valence-electron chi connectivity index (χ4n) is 2.97. The fraction of sp³-hybridized carbons (Fsp3) is 0.875. The quantitative estimate of drug-likeness (QED) is 0.588. The molecule has 23 heavy (non-hydrogen) atoms. The minimum atomic E-state index is -0.224. The first-order valence-electron chi connectivity index (χ1n) is 8.66. The van der Waals surface area contributed by atoms with E-state index in [9.17, 15) is 9.90 Å². The van der Waals surface area contributed by atoms with Gasteiger partial charge in [-0.2, -0.15) is 16.9 Å². The van der Waals surface area contributed by atoms with Crippen LogP contribution in [0, 0.1) is 0 Å². The number of aliphatic hydroxyl groups excluding tert-OH is 1. The molecule has 2 atom stereocenters. The summed E-state index contributed by atoms with van der Waals surface area (Å²) in [5.74, 6) is 3.19. The van der Waals surface area contributed by atoms with Crippen LogP contribution >= 0.6 is 11.8 Å². The van der Waals surface area contributed by atoms with Crippen LogP contribution in [0.2, 0.25) is 0 Å². The summed E-state index contributed by atoms with van der Waals surface area (Å²) in [5.41, 5.74) is 0. The Morgan fingerprint density at radius 3 is 3.04 bits per heavy atom. The van der Waals surface area contributed by atoms with Crippen molar-refractivity contribution in [2.45, 2.75) is 64.0 Å². The normalized spacial score (nSPS) is 22.0. The molecule has 2 aliphatic rings. The van der Waals surface area contributed by atoms with Gasteiger partial charge in [0, 0.05) is 31.2 Å². The van der Waals surface area contributed by atoms with E-state index in [4.69, 9.17) is 0 Å². The predicted molar refractivity (Wildman–Crippen MR) is 94.0 cm³/mol. The van der Waals surface area contributed by atoms with Crippen molar-refractivity contribution >= 4 is 23.5 Å².